The van der Waals surface area contributed by atoms with Crippen molar-refractivity contribution in [1.29, 1.82) is 0 Å². The van der Waals surface area contributed by atoms with Gasteiger partial charge < -0.3 is 13.5 Å². The van der Waals surface area contributed by atoms with Crippen molar-refractivity contribution in [2.24, 2.45) is 0 Å². The van der Waals surface area contributed by atoms with Gasteiger partial charge in [0.1, 0.15) is 17.2 Å². The summed E-state index contributed by atoms with van der Waals surface area (Å²) in [5.74, 6) is -6.61. The number of methoxy groups -OCH3 is 1. The van der Waals surface area contributed by atoms with E-state index >= 15 is 0 Å². The average Bonchev–Trinajstić information content (AvgIpc) is 2.68. The molecule has 0 atom stereocenters. The second-order valence-corrected chi connectivity index (χ2v) is 7.65. The summed E-state index contributed by atoms with van der Waals surface area (Å²) in [6.07, 6.45) is 0.715. The zero-order valence-corrected chi connectivity index (χ0v) is 16.4. The van der Waals surface area contributed by atoms with Crippen molar-refractivity contribution in [2.45, 2.75) is 5.51 Å². The van der Waals surface area contributed by atoms with Crippen molar-refractivity contribution < 1.29 is 48.5 Å². The van der Waals surface area contributed by atoms with E-state index in [4.69, 9.17) is 0 Å². The standard InChI is InChI=1S/C18H9F6NO6S/c1-30-17(27)10-7-25(13-3-2-8(19)4-11(13)20)14-6-15(12(21)5-9(14)16(10)26)31-32(28,29)18(22,23)24/h2-7H,1H3. The Balaban J connectivity index is 2.40. The quantitative estimate of drug-likeness (QED) is 0.246. The minimum absolute atomic E-state index is 0.309. The molecule has 0 aliphatic heterocycles. The smallest absolute Gasteiger partial charge is 0.465 e. The number of alkyl halides is 3. The van der Waals surface area contributed by atoms with Crippen molar-refractivity contribution in [3.8, 4) is 11.4 Å². The van der Waals surface area contributed by atoms with Crippen molar-refractivity contribution in [3.05, 3.63) is 69.8 Å². The van der Waals surface area contributed by atoms with Crippen LogP contribution in [-0.2, 0) is 14.9 Å². The van der Waals surface area contributed by atoms with E-state index in [2.05, 4.69) is 8.92 Å². The SMILES string of the molecule is COC(=O)c1cn(-c2ccc(F)cc2F)c2cc(OS(=O)(=O)C(F)(F)F)c(F)cc2c1=O. The van der Waals surface area contributed by atoms with Gasteiger partial charge in [0.15, 0.2) is 11.6 Å². The average molecular weight is 481 g/mol. The Morgan fingerprint density at radius 2 is 1.69 bits per heavy atom. The van der Waals surface area contributed by atoms with Crippen LogP contribution in [0, 0.1) is 17.5 Å². The van der Waals surface area contributed by atoms with Gasteiger partial charge >= 0.3 is 21.6 Å². The first-order valence-electron chi connectivity index (χ1n) is 8.20. The van der Waals surface area contributed by atoms with Crippen LogP contribution in [0.4, 0.5) is 26.3 Å². The summed E-state index contributed by atoms with van der Waals surface area (Å²) in [4.78, 5) is 24.5. The van der Waals surface area contributed by atoms with E-state index < -0.39 is 72.4 Å². The van der Waals surface area contributed by atoms with Crippen LogP contribution in [-0.4, -0.2) is 31.6 Å². The molecule has 0 aliphatic carbocycles. The fraction of sp³-hybridized carbons (Fsp3) is 0.111. The predicted octanol–water partition coefficient (Wildman–Crippen LogP) is 3.42. The Bertz CT molecular complexity index is 1410. The summed E-state index contributed by atoms with van der Waals surface area (Å²) >= 11 is 0. The molecule has 0 saturated carbocycles. The summed E-state index contributed by atoms with van der Waals surface area (Å²) in [5.41, 5.74) is -8.85. The van der Waals surface area contributed by atoms with Crippen molar-refractivity contribution in [2.75, 3.05) is 7.11 Å². The van der Waals surface area contributed by atoms with Crippen LogP contribution in [0.3, 0.4) is 0 Å². The molecule has 0 N–H and O–H groups in total. The lowest BCUT2D eigenvalue weighted by Crippen LogP contribution is -2.28. The van der Waals surface area contributed by atoms with Crippen LogP contribution in [0.15, 0.2) is 41.3 Å². The molecular formula is C18H9F6NO6S. The number of carbonyl (C=O) groups excluding carboxylic acids is 1. The molecule has 0 unspecified atom stereocenters. The highest BCUT2D eigenvalue weighted by molar-refractivity contribution is 7.88. The molecule has 1 aromatic heterocycles. The van der Waals surface area contributed by atoms with Crippen LogP contribution in [0.5, 0.6) is 5.75 Å². The molecule has 0 spiro atoms. The van der Waals surface area contributed by atoms with Gasteiger partial charge in [-0.3, -0.25) is 4.79 Å². The number of hydrogen-bond donors (Lipinski definition) is 0. The second-order valence-electron chi connectivity index (χ2n) is 6.11. The number of pyridine rings is 1. The number of rotatable bonds is 4. The van der Waals surface area contributed by atoms with E-state index in [1.165, 1.54) is 0 Å². The topological polar surface area (TPSA) is 91.7 Å². The number of fused-ring (bicyclic) bond motifs is 1. The number of aromatic nitrogens is 1. The van der Waals surface area contributed by atoms with E-state index in [1.54, 1.807) is 0 Å². The van der Waals surface area contributed by atoms with Gasteiger partial charge in [-0.2, -0.15) is 21.6 Å². The highest BCUT2D eigenvalue weighted by Gasteiger charge is 2.49. The van der Waals surface area contributed by atoms with Gasteiger partial charge in [-0.15, -0.1) is 0 Å². The molecule has 3 rings (SSSR count). The van der Waals surface area contributed by atoms with Crippen LogP contribution < -0.4 is 9.61 Å². The normalized spacial score (nSPS) is 12.1. The number of esters is 1. The maximum atomic E-state index is 14.4. The molecule has 2 aromatic carbocycles. The number of ether oxygens (including phenoxy) is 1. The lowest BCUT2D eigenvalue weighted by molar-refractivity contribution is -0.0500. The van der Waals surface area contributed by atoms with Crippen LogP contribution in [0.25, 0.3) is 16.6 Å². The fourth-order valence-corrected chi connectivity index (χ4v) is 3.15. The number of carbonyl (C=O) groups is 1. The molecule has 0 aliphatic rings. The maximum Gasteiger partial charge on any atom is 0.534 e. The van der Waals surface area contributed by atoms with Gasteiger partial charge in [0.2, 0.25) is 5.43 Å². The van der Waals surface area contributed by atoms with Gasteiger partial charge in [-0.1, -0.05) is 0 Å². The maximum absolute atomic E-state index is 14.4. The molecule has 0 saturated heterocycles. The minimum Gasteiger partial charge on any atom is -0.465 e. The Morgan fingerprint density at radius 1 is 1.03 bits per heavy atom. The first kappa shape index (κ1) is 23.1. The molecule has 0 fully saturated rings. The Hall–Kier alpha value is -3.55. The van der Waals surface area contributed by atoms with Crippen molar-refractivity contribution in [3.63, 3.8) is 0 Å². The molecule has 170 valence electrons. The highest BCUT2D eigenvalue weighted by atomic mass is 32.2. The van der Waals surface area contributed by atoms with Gasteiger partial charge in [0.05, 0.1) is 23.7 Å². The van der Waals surface area contributed by atoms with Crippen LogP contribution in [0.1, 0.15) is 10.4 Å². The molecule has 7 nitrogen and oxygen atoms in total. The van der Waals surface area contributed by atoms with Gasteiger partial charge in [-0.25, -0.2) is 18.0 Å². The molecule has 14 heteroatoms. The first-order chi connectivity index (χ1) is 14.8. The largest absolute Gasteiger partial charge is 0.534 e. The van der Waals surface area contributed by atoms with E-state index in [9.17, 15) is 44.3 Å². The molecule has 32 heavy (non-hydrogen) atoms. The van der Waals surface area contributed by atoms with Crippen molar-refractivity contribution in [1.82, 2.24) is 4.57 Å². The molecular weight excluding hydrogens is 472 g/mol. The summed E-state index contributed by atoms with van der Waals surface area (Å²) in [6, 6.07) is 2.76. The highest BCUT2D eigenvalue weighted by Crippen LogP contribution is 2.31. The zero-order valence-electron chi connectivity index (χ0n) is 15.5. The Kier molecular flexibility index (Phi) is 5.67. The zero-order chi connectivity index (χ0) is 24.0. The predicted molar refractivity (Wildman–Crippen MR) is 96.4 cm³/mol. The monoisotopic (exact) mass is 481 g/mol. The van der Waals surface area contributed by atoms with Crippen LogP contribution >= 0.6 is 0 Å². The van der Waals surface area contributed by atoms with E-state index in [1.807, 2.05) is 0 Å². The molecule has 0 radical (unpaired) electrons. The lowest BCUT2D eigenvalue weighted by atomic mass is 10.1. The summed E-state index contributed by atoms with van der Waals surface area (Å²) in [5, 5.41) is -0.661. The van der Waals surface area contributed by atoms with Crippen molar-refractivity contribution >= 4 is 27.0 Å². The molecule has 0 amide bonds. The lowest BCUT2D eigenvalue weighted by Gasteiger charge is -2.16. The number of nitrogens with zero attached hydrogens (tertiary/aromatic N) is 1. The molecule has 0 bridgehead atoms. The Morgan fingerprint density at radius 3 is 2.25 bits per heavy atom. The van der Waals surface area contributed by atoms with Gasteiger partial charge in [0, 0.05) is 18.3 Å². The second kappa shape index (κ2) is 7.85. The summed E-state index contributed by atoms with van der Waals surface area (Å²) < 4.78 is 111. The van der Waals surface area contributed by atoms with Gasteiger partial charge in [0.25, 0.3) is 0 Å². The number of hydrogen-bond acceptors (Lipinski definition) is 6. The first-order valence-corrected chi connectivity index (χ1v) is 9.61. The summed E-state index contributed by atoms with van der Waals surface area (Å²) in [7, 11) is -5.38. The van der Waals surface area contributed by atoms with Gasteiger partial charge in [-0.05, 0) is 18.2 Å². The summed E-state index contributed by atoms with van der Waals surface area (Å²) in [6.45, 7) is 0. The van der Waals surface area contributed by atoms with E-state index in [-0.39, 0.29) is 0 Å². The fourth-order valence-electron chi connectivity index (χ4n) is 2.69. The molecule has 3 aromatic rings. The van der Waals surface area contributed by atoms with E-state index in [0.717, 1.165) is 19.2 Å². The van der Waals surface area contributed by atoms with Crippen LogP contribution in [0.2, 0.25) is 0 Å². The number of benzene rings is 2. The molecule has 1 heterocycles. The third-order valence-corrected chi connectivity index (χ3v) is 5.08. The third-order valence-electron chi connectivity index (χ3n) is 4.11. The third kappa shape index (κ3) is 4.00. The van der Waals surface area contributed by atoms with E-state index in [0.29, 0.717) is 29.0 Å². The number of halogens is 6. The minimum atomic E-state index is -6.29. The Labute approximate surface area is 174 Å².